The van der Waals surface area contributed by atoms with Crippen LogP contribution in [0.15, 0.2) is 17.5 Å². The molecule has 1 atom stereocenters. The van der Waals surface area contributed by atoms with Gasteiger partial charge in [0.2, 0.25) is 0 Å². The molecule has 2 rings (SSSR count). The highest BCUT2D eigenvalue weighted by Gasteiger charge is 2.22. The molecule has 76 valence electrons. The lowest BCUT2D eigenvalue weighted by molar-refractivity contribution is -0.0122. The summed E-state index contributed by atoms with van der Waals surface area (Å²) in [6.07, 6.45) is 0.160. The van der Waals surface area contributed by atoms with Crippen molar-refractivity contribution in [2.24, 2.45) is 0 Å². The smallest absolute Gasteiger partial charge is 0.264 e. The van der Waals surface area contributed by atoms with E-state index in [9.17, 15) is 4.79 Å². The molecule has 2 heterocycles. The molecule has 4 heteroatoms. The van der Waals surface area contributed by atoms with E-state index in [0.29, 0.717) is 19.7 Å². The lowest BCUT2D eigenvalue weighted by Crippen LogP contribution is -2.44. The topological polar surface area (TPSA) is 29.5 Å². The summed E-state index contributed by atoms with van der Waals surface area (Å²) in [4.78, 5) is 14.6. The third kappa shape index (κ3) is 1.96. The molecular weight excluding hydrogens is 198 g/mol. The molecular formula is C10H13NO2S. The van der Waals surface area contributed by atoms with Crippen molar-refractivity contribution in [3.63, 3.8) is 0 Å². The van der Waals surface area contributed by atoms with Crippen molar-refractivity contribution in [1.82, 2.24) is 4.90 Å². The standard InChI is InChI=1S/C10H13NO2S/c1-8-7-11(4-5-13-8)10(12)9-3-2-6-14-9/h2-3,6,8H,4-5,7H2,1H3. The summed E-state index contributed by atoms with van der Waals surface area (Å²) in [5.41, 5.74) is 0. The molecule has 14 heavy (non-hydrogen) atoms. The monoisotopic (exact) mass is 211 g/mol. The van der Waals surface area contributed by atoms with Crippen LogP contribution in [0.5, 0.6) is 0 Å². The maximum atomic E-state index is 11.9. The van der Waals surface area contributed by atoms with Crippen molar-refractivity contribution in [2.45, 2.75) is 13.0 Å². The second kappa shape index (κ2) is 4.11. The molecule has 1 fully saturated rings. The third-order valence-corrected chi connectivity index (χ3v) is 3.12. The first-order chi connectivity index (χ1) is 6.77. The van der Waals surface area contributed by atoms with E-state index in [1.54, 1.807) is 0 Å². The third-order valence-electron chi connectivity index (χ3n) is 2.26. The van der Waals surface area contributed by atoms with Gasteiger partial charge in [-0.05, 0) is 18.4 Å². The van der Waals surface area contributed by atoms with Crippen molar-refractivity contribution >= 4 is 17.2 Å². The highest BCUT2D eigenvalue weighted by molar-refractivity contribution is 7.12. The number of rotatable bonds is 1. The zero-order valence-corrected chi connectivity index (χ0v) is 8.92. The SMILES string of the molecule is CC1CN(C(=O)c2cccs2)CCO1. The van der Waals surface area contributed by atoms with E-state index in [1.807, 2.05) is 29.3 Å². The zero-order chi connectivity index (χ0) is 9.97. The molecule has 0 saturated carbocycles. The van der Waals surface area contributed by atoms with Gasteiger partial charge < -0.3 is 9.64 Å². The van der Waals surface area contributed by atoms with Crippen molar-refractivity contribution in [2.75, 3.05) is 19.7 Å². The molecule has 1 aliphatic rings. The van der Waals surface area contributed by atoms with Crippen LogP contribution >= 0.6 is 11.3 Å². The van der Waals surface area contributed by atoms with Gasteiger partial charge in [0.1, 0.15) is 0 Å². The summed E-state index contributed by atoms with van der Waals surface area (Å²) in [5.74, 6) is 0.134. The second-order valence-electron chi connectivity index (χ2n) is 3.41. The Morgan fingerprint density at radius 3 is 3.21 bits per heavy atom. The number of morpholine rings is 1. The van der Waals surface area contributed by atoms with E-state index in [-0.39, 0.29) is 12.0 Å². The summed E-state index contributed by atoms with van der Waals surface area (Å²) in [6.45, 7) is 4.06. The minimum absolute atomic E-state index is 0.134. The van der Waals surface area contributed by atoms with Gasteiger partial charge in [0.25, 0.3) is 5.91 Å². The molecule has 0 radical (unpaired) electrons. The van der Waals surface area contributed by atoms with Gasteiger partial charge >= 0.3 is 0 Å². The Bertz CT molecular complexity index is 310. The minimum atomic E-state index is 0.134. The maximum Gasteiger partial charge on any atom is 0.264 e. The lowest BCUT2D eigenvalue weighted by atomic mass is 10.3. The number of hydrogen-bond donors (Lipinski definition) is 0. The Hall–Kier alpha value is -0.870. The number of carbonyl (C=O) groups is 1. The molecule has 3 nitrogen and oxygen atoms in total. The molecule has 1 aliphatic heterocycles. The van der Waals surface area contributed by atoms with Crippen LogP contribution in [0.1, 0.15) is 16.6 Å². The molecule has 1 amide bonds. The average Bonchev–Trinajstić information content (AvgIpc) is 2.69. The summed E-state index contributed by atoms with van der Waals surface area (Å²) >= 11 is 1.49. The number of amides is 1. The number of thiophene rings is 1. The van der Waals surface area contributed by atoms with E-state index in [4.69, 9.17) is 4.74 Å². The van der Waals surface area contributed by atoms with E-state index in [1.165, 1.54) is 11.3 Å². The van der Waals surface area contributed by atoms with Gasteiger partial charge in [0.05, 0.1) is 17.6 Å². The Morgan fingerprint density at radius 1 is 1.71 bits per heavy atom. The Labute approximate surface area is 87.3 Å². The van der Waals surface area contributed by atoms with Gasteiger partial charge in [0, 0.05) is 13.1 Å². The number of carbonyl (C=O) groups excluding carboxylic acids is 1. The molecule has 1 unspecified atom stereocenters. The number of hydrogen-bond acceptors (Lipinski definition) is 3. The van der Waals surface area contributed by atoms with Gasteiger partial charge in [-0.15, -0.1) is 11.3 Å². The summed E-state index contributed by atoms with van der Waals surface area (Å²) in [5, 5.41) is 1.93. The molecule has 1 aromatic heterocycles. The van der Waals surface area contributed by atoms with Crippen LogP contribution in [-0.2, 0) is 4.74 Å². The normalized spacial score (nSPS) is 22.4. The fraction of sp³-hybridized carbons (Fsp3) is 0.500. The van der Waals surface area contributed by atoms with E-state index in [2.05, 4.69) is 0 Å². The van der Waals surface area contributed by atoms with Gasteiger partial charge in [-0.2, -0.15) is 0 Å². The molecule has 1 aromatic rings. The summed E-state index contributed by atoms with van der Waals surface area (Å²) in [6, 6.07) is 3.77. The van der Waals surface area contributed by atoms with E-state index >= 15 is 0 Å². The molecule has 0 N–H and O–H groups in total. The van der Waals surface area contributed by atoms with Crippen LogP contribution in [0.2, 0.25) is 0 Å². The molecule has 0 bridgehead atoms. The maximum absolute atomic E-state index is 11.9. The van der Waals surface area contributed by atoms with Gasteiger partial charge in [-0.1, -0.05) is 6.07 Å². The van der Waals surface area contributed by atoms with Gasteiger partial charge in [-0.3, -0.25) is 4.79 Å². The number of nitrogens with zero attached hydrogens (tertiary/aromatic N) is 1. The number of ether oxygens (including phenoxy) is 1. The van der Waals surface area contributed by atoms with Crippen LogP contribution in [0, 0.1) is 0 Å². The van der Waals surface area contributed by atoms with Crippen LogP contribution in [-0.4, -0.2) is 36.6 Å². The van der Waals surface area contributed by atoms with Crippen molar-refractivity contribution in [3.8, 4) is 0 Å². The Morgan fingerprint density at radius 2 is 2.57 bits per heavy atom. The first-order valence-corrected chi connectivity index (χ1v) is 5.59. The van der Waals surface area contributed by atoms with Crippen LogP contribution in [0.4, 0.5) is 0 Å². The van der Waals surface area contributed by atoms with E-state index in [0.717, 1.165) is 4.88 Å². The Kier molecular flexibility index (Phi) is 2.84. The summed E-state index contributed by atoms with van der Waals surface area (Å²) < 4.78 is 5.39. The highest BCUT2D eigenvalue weighted by atomic mass is 32.1. The largest absolute Gasteiger partial charge is 0.375 e. The second-order valence-corrected chi connectivity index (χ2v) is 4.36. The van der Waals surface area contributed by atoms with Crippen LogP contribution in [0.25, 0.3) is 0 Å². The highest BCUT2D eigenvalue weighted by Crippen LogP contribution is 2.14. The van der Waals surface area contributed by atoms with Crippen LogP contribution < -0.4 is 0 Å². The predicted molar refractivity (Wildman–Crippen MR) is 55.6 cm³/mol. The predicted octanol–water partition coefficient (Wildman–Crippen LogP) is 1.61. The molecule has 0 aliphatic carbocycles. The Balaban J connectivity index is 2.04. The fourth-order valence-corrected chi connectivity index (χ4v) is 2.25. The van der Waals surface area contributed by atoms with Gasteiger partial charge in [-0.25, -0.2) is 0 Å². The quantitative estimate of drug-likeness (QED) is 0.706. The summed E-state index contributed by atoms with van der Waals surface area (Å²) in [7, 11) is 0. The fourth-order valence-electron chi connectivity index (χ4n) is 1.56. The molecule has 1 saturated heterocycles. The van der Waals surface area contributed by atoms with E-state index < -0.39 is 0 Å². The van der Waals surface area contributed by atoms with Crippen molar-refractivity contribution in [3.05, 3.63) is 22.4 Å². The molecule has 0 aromatic carbocycles. The van der Waals surface area contributed by atoms with Crippen molar-refractivity contribution < 1.29 is 9.53 Å². The van der Waals surface area contributed by atoms with Gasteiger partial charge in [0.15, 0.2) is 0 Å². The first kappa shape index (κ1) is 9.68. The van der Waals surface area contributed by atoms with Crippen LogP contribution in [0.3, 0.4) is 0 Å². The first-order valence-electron chi connectivity index (χ1n) is 4.72. The minimum Gasteiger partial charge on any atom is -0.375 e. The lowest BCUT2D eigenvalue weighted by Gasteiger charge is -2.30. The average molecular weight is 211 g/mol. The molecule has 0 spiro atoms. The van der Waals surface area contributed by atoms with Crippen molar-refractivity contribution in [1.29, 1.82) is 0 Å². The zero-order valence-electron chi connectivity index (χ0n) is 8.10.